The highest BCUT2D eigenvalue weighted by Gasteiger charge is 2.40. The predicted octanol–water partition coefficient (Wildman–Crippen LogP) is 2.09. The van der Waals surface area contributed by atoms with E-state index >= 15 is 0 Å². The fraction of sp³-hybridized carbons (Fsp3) is 0.750. The van der Waals surface area contributed by atoms with E-state index in [1.165, 1.54) is 22.7 Å². The molecule has 0 radical (unpaired) electrons. The minimum atomic E-state index is 0.356. The molecule has 1 atom stereocenters. The molecule has 2 rings (SSSR count). The van der Waals surface area contributed by atoms with E-state index < -0.39 is 0 Å². The second-order valence-corrected chi connectivity index (χ2v) is 5.97. The molecule has 90 valence electrons. The average Bonchev–Trinajstić information content (AvgIpc) is 2.94. The molecule has 0 aromatic carbocycles. The number of aromatic nitrogens is 1. The molecule has 3 nitrogen and oxygen atoms in total. The van der Waals surface area contributed by atoms with Gasteiger partial charge < -0.3 is 11.1 Å². The number of nitrogens with one attached hydrogen (secondary N) is 1. The van der Waals surface area contributed by atoms with E-state index in [-0.39, 0.29) is 0 Å². The molecule has 0 spiro atoms. The van der Waals surface area contributed by atoms with Gasteiger partial charge in [-0.2, -0.15) is 0 Å². The van der Waals surface area contributed by atoms with Gasteiger partial charge in [0.25, 0.3) is 0 Å². The first-order valence-corrected chi connectivity index (χ1v) is 6.89. The fourth-order valence-electron chi connectivity index (χ4n) is 1.77. The summed E-state index contributed by atoms with van der Waals surface area (Å²) in [6.45, 7) is 6.20. The van der Waals surface area contributed by atoms with E-state index in [4.69, 9.17) is 5.73 Å². The second-order valence-electron chi connectivity index (χ2n) is 4.83. The summed E-state index contributed by atoms with van der Waals surface area (Å²) in [5, 5.41) is 4.76. The molecule has 1 aliphatic carbocycles. The Kier molecular flexibility index (Phi) is 3.62. The summed E-state index contributed by atoms with van der Waals surface area (Å²) in [5.41, 5.74) is 6.17. The normalized spacial score (nSPS) is 19.7. The lowest BCUT2D eigenvalue weighted by Gasteiger charge is -2.17. The van der Waals surface area contributed by atoms with Crippen LogP contribution in [-0.4, -0.2) is 18.1 Å². The van der Waals surface area contributed by atoms with Crippen LogP contribution < -0.4 is 11.1 Å². The van der Waals surface area contributed by atoms with Gasteiger partial charge in [0, 0.05) is 17.6 Å². The van der Waals surface area contributed by atoms with Crippen LogP contribution in [0.25, 0.3) is 0 Å². The zero-order valence-corrected chi connectivity index (χ0v) is 10.9. The third kappa shape index (κ3) is 2.62. The van der Waals surface area contributed by atoms with E-state index in [1.54, 1.807) is 0 Å². The Morgan fingerprint density at radius 1 is 1.62 bits per heavy atom. The maximum Gasteiger partial charge on any atom is 0.109 e. The fourth-order valence-corrected chi connectivity index (χ4v) is 2.66. The molecule has 1 fully saturated rings. The van der Waals surface area contributed by atoms with Crippen LogP contribution in [-0.2, 0) is 6.42 Å². The summed E-state index contributed by atoms with van der Waals surface area (Å²) in [6.07, 6.45) is 5.63. The molecule has 1 heterocycles. The van der Waals surface area contributed by atoms with Crippen LogP contribution in [0.1, 0.15) is 42.6 Å². The molecule has 1 aromatic heterocycles. The standard InChI is InChI=1S/C12H21N3S/c1-3-10-6-14-11(16-10)9(2)15-8-12(7-13)4-5-12/h6,9,15H,3-5,7-8,13H2,1-2H3. The van der Waals surface area contributed by atoms with Gasteiger partial charge in [0.2, 0.25) is 0 Å². The first-order chi connectivity index (χ1) is 7.69. The molecule has 0 bridgehead atoms. The van der Waals surface area contributed by atoms with Gasteiger partial charge >= 0.3 is 0 Å². The summed E-state index contributed by atoms with van der Waals surface area (Å²) in [6, 6.07) is 0.356. The van der Waals surface area contributed by atoms with Crippen molar-refractivity contribution in [1.82, 2.24) is 10.3 Å². The number of aryl methyl sites for hydroxylation is 1. The van der Waals surface area contributed by atoms with E-state index in [1.807, 2.05) is 17.5 Å². The van der Waals surface area contributed by atoms with Crippen LogP contribution in [0.3, 0.4) is 0 Å². The Hall–Kier alpha value is -0.450. The molecule has 16 heavy (non-hydrogen) atoms. The Morgan fingerprint density at radius 2 is 2.38 bits per heavy atom. The van der Waals surface area contributed by atoms with E-state index in [9.17, 15) is 0 Å². The second kappa shape index (κ2) is 4.82. The molecule has 0 aliphatic heterocycles. The zero-order valence-electron chi connectivity index (χ0n) is 10.1. The third-order valence-corrected chi connectivity index (χ3v) is 4.79. The van der Waals surface area contributed by atoms with Gasteiger partial charge in [0.1, 0.15) is 5.01 Å². The molecule has 3 N–H and O–H groups in total. The Balaban J connectivity index is 1.85. The zero-order chi connectivity index (χ0) is 11.6. The van der Waals surface area contributed by atoms with Crippen molar-refractivity contribution in [2.24, 2.45) is 11.1 Å². The van der Waals surface area contributed by atoms with Crippen molar-refractivity contribution < 1.29 is 0 Å². The van der Waals surface area contributed by atoms with Crippen LogP contribution in [0.15, 0.2) is 6.20 Å². The molecule has 4 heteroatoms. The van der Waals surface area contributed by atoms with Gasteiger partial charge in [-0.25, -0.2) is 4.98 Å². The lowest BCUT2D eigenvalue weighted by Crippen LogP contribution is -2.31. The number of hydrogen-bond donors (Lipinski definition) is 2. The van der Waals surface area contributed by atoms with Crippen molar-refractivity contribution in [2.75, 3.05) is 13.1 Å². The van der Waals surface area contributed by atoms with Crippen molar-refractivity contribution in [1.29, 1.82) is 0 Å². The van der Waals surface area contributed by atoms with Crippen LogP contribution >= 0.6 is 11.3 Å². The summed E-state index contributed by atoms with van der Waals surface area (Å²) in [5.74, 6) is 0. The highest BCUT2D eigenvalue weighted by Crippen LogP contribution is 2.44. The smallest absolute Gasteiger partial charge is 0.109 e. The Labute approximate surface area is 101 Å². The van der Waals surface area contributed by atoms with Gasteiger partial charge in [-0.15, -0.1) is 11.3 Å². The molecule has 0 saturated heterocycles. The highest BCUT2D eigenvalue weighted by molar-refractivity contribution is 7.11. The van der Waals surface area contributed by atoms with Crippen molar-refractivity contribution in [3.63, 3.8) is 0 Å². The minimum absolute atomic E-state index is 0.356. The summed E-state index contributed by atoms with van der Waals surface area (Å²) < 4.78 is 0. The number of nitrogens with two attached hydrogens (primary N) is 1. The Morgan fingerprint density at radius 3 is 2.88 bits per heavy atom. The molecular weight excluding hydrogens is 218 g/mol. The highest BCUT2D eigenvalue weighted by atomic mass is 32.1. The topological polar surface area (TPSA) is 50.9 Å². The number of nitrogens with zero attached hydrogens (tertiary/aromatic N) is 1. The summed E-state index contributed by atoms with van der Waals surface area (Å²) >= 11 is 1.81. The van der Waals surface area contributed by atoms with Crippen molar-refractivity contribution >= 4 is 11.3 Å². The van der Waals surface area contributed by atoms with E-state index in [2.05, 4.69) is 24.1 Å². The van der Waals surface area contributed by atoms with E-state index in [0.717, 1.165) is 19.5 Å². The monoisotopic (exact) mass is 239 g/mol. The predicted molar refractivity (Wildman–Crippen MR) is 68.6 cm³/mol. The third-order valence-electron chi connectivity index (χ3n) is 3.46. The molecule has 1 aromatic rings. The molecule has 1 saturated carbocycles. The van der Waals surface area contributed by atoms with E-state index in [0.29, 0.717) is 11.5 Å². The van der Waals surface area contributed by atoms with Gasteiger partial charge in [-0.3, -0.25) is 0 Å². The molecule has 1 aliphatic rings. The number of rotatable bonds is 6. The van der Waals surface area contributed by atoms with Crippen molar-refractivity contribution in [2.45, 2.75) is 39.2 Å². The van der Waals surface area contributed by atoms with Gasteiger partial charge in [-0.1, -0.05) is 6.92 Å². The maximum absolute atomic E-state index is 5.77. The summed E-state index contributed by atoms with van der Waals surface area (Å²) in [4.78, 5) is 5.82. The van der Waals surface area contributed by atoms with Crippen LogP contribution in [0.2, 0.25) is 0 Å². The number of hydrogen-bond acceptors (Lipinski definition) is 4. The maximum atomic E-state index is 5.77. The van der Waals surface area contributed by atoms with Crippen molar-refractivity contribution in [3.8, 4) is 0 Å². The van der Waals surface area contributed by atoms with Gasteiger partial charge in [0.05, 0.1) is 6.04 Å². The first kappa shape index (κ1) is 12.0. The van der Waals surface area contributed by atoms with Crippen molar-refractivity contribution in [3.05, 3.63) is 16.1 Å². The minimum Gasteiger partial charge on any atom is -0.330 e. The van der Waals surface area contributed by atoms with Crippen LogP contribution in [0, 0.1) is 5.41 Å². The quantitative estimate of drug-likeness (QED) is 0.799. The van der Waals surface area contributed by atoms with Gasteiger partial charge in [0.15, 0.2) is 0 Å². The van der Waals surface area contributed by atoms with Crippen LogP contribution in [0.5, 0.6) is 0 Å². The SMILES string of the molecule is CCc1cnc(C(C)NCC2(CN)CC2)s1. The molecule has 1 unspecified atom stereocenters. The molecular formula is C12H21N3S. The Bertz CT molecular complexity index is 344. The summed E-state index contributed by atoms with van der Waals surface area (Å²) in [7, 11) is 0. The average molecular weight is 239 g/mol. The van der Waals surface area contributed by atoms with Crippen LogP contribution in [0.4, 0.5) is 0 Å². The lowest BCUT2D eigenvalue weighted by atomic mass is 10.1. The van der Waals surface area contributed by atoms with Gasteiger partial charge in [-0.05, 0) is 38.1 Å². The lowest BCUT2D eigenvalue weighted by molar-refractivity contribution is 0.434. The number of thiazole rings is 1. The first-order valence-electron chi connectivity index (χ1n) is 6.07. The largest absolute Gasteiger partial charge is 0.330 e. The molecule has 0 amide bonds.